The summed E-state index contributed by atoms with van der Waals surface area (Å²) in [5, 5.41) is 14.0. The van der Waals surface area contributed by atoms with E-state index in [0.29, 0.717) is 19.0 Å². The molecular formula is C27H24N6O. The van der Waals surface area contributed by atoms with Crippen LogP contribution in [0.3, 0.4) is 0 Å². The number of hydrogen-bond donors (Lipinski definition) is 1. The standard InChI is InChI=1S/C27H24N6O/c1-2-7-20(8-3-1)13-14-28-17-22-9-6-10-23(31-22)18-34-27-25-12-5-4-11-24(25)26(32-33-27)21-15-29-19-30-16-21/h1-12,15-16,19,28H,13-14,17-18H2. The van der Waals surface area contributed by atoms with Crippen molar-refractivity contribution < 1.29 is 4.74 Å². The van der Waals surface area contributed by atoms with Gasteiger partial charge in [0.25, 0.3) is 0 Å². The molecule has 0 aliphatic carbocycles. The molecule has 0 radical (unpaired) electrons. The molecule has 2 aromatic carbocycles. The normalized spacial score (nSPS) is 10.9. The van der Waals surface area contributed by atoms with E-state index in [1.54, 1.807) is 12.4 Å². The van der Waals surface area contributed by atoms with E-state index in [9.17, 15) is 0 Å². The number of nitrogens with one attached hydrogen (secondary N) is 1. The second kappa shape index (κ2) is 10.6. The fraction of sp³-hybridized carbons (Fsp3) is 0.148. The maximum Gasteiger partial charge on any atom is 0.241 e. The van der Waals surface area contributed by atoms with Gasteiger partial charge in [0.05, 0.1) is 11.4 Å². The van der Waals surface area contributed by atoms with Gasteiger partial charge in [0.15, 0.2) is 0 Å². The predicted molar refractivity (Wildman–Crippen MR) is 131 cm³/mol. The highest BCUT2D eigenvalue weighted by atomic mass is 16.5. The van der Waals surface area contributed by atoms with Gasteiger partial charge in [0.2, 0.25) is 5.88 Å². The van der Waals surface area contributed by atoms with Crippen LogP contribution in [0.5, 0.6) is 5.88 Å². The van der Waals surface area contributed by atoms with E-state index in [1.165, 1.54) is 11.9 Å². The van der Waals surface area contributed by atoms with Crippen LogP contribution in [0.15, 0.2) is 91.5 Å². The number of hydrogen-bond acceptors (Lipinski definition) is 7. The maximum absolute atomic E-state index is 6.05. The Kier molecular flexibility index (Phi) is 6.73. The molecule has 0 aliphatic rings. The van der Waals surface area contributed by atoms with E-state index >= 15 is 0 Å². The lowest BCUT2D eigenvalue weighted by atomic mass is 10.1. The molecule has 0 saturated carbocycles. The zero-order chi connectivity index (χ0) is 23.0. The van der Waals surface area contributed by atoms with Gasteiger partial charge >= 0.3 is 0 Å². The minimum Gasteiger partial charge on any atom is -0.470 e. The van der Waals surface area contributed by atoms with Crippen molar-refractivity contribution in [1.82, 2.24) is 30.5 Å². The van der Waals surface area contributed by atoms with Crippen LogP contribution in [0.1, 0.15) is 17.0 Å². The number of nitrogens with zero attached hydrogens (tertiary/aromatic N) is 5. The molecule has 0 bridgehead atoms. The Morgan fingerprint density at radius 1 is 0.735 bits per heavy atom. The fourth-order valence-corrected chi connectivity index (χ4v) is 3.76. The minimum absolute atomic E-state index is 0.310. The summed E-state index contributed by atoms with van der Waals surface area (Å²) in [6.07, 6.45) is 5.94. The molecule has 0 amide bonds. The van der Waals surface area contributed by atoms with Gasteiger partial charge in [0, 0.05) is 35.3 Å². The largest absolute Gasteiger partial charge is 0.470 e. The van der Waals surface area contributed by atoms with Crippen LogP contribution in [0, 0.1) is 0 Å². The summed E-state index contributed by atoms with van der Waals surface area (Å²) in [6.45, 7) is 1.91. The van der Waals surface area contributed by atoms with Crippen LogP contribution in [-0.2, 0) is 19.6 Å². The summed E-state index contributed by atoms with van der Waals surface area (Å²) in [5.41, 5.74) is 4.68. The van der Waals surface area contributed by atoms with Gasteiger partial charge in [-0.1, -0.05) is 54.6 Å². The van der Waals surface area contributed by atoms with Gasteiger partial charge in [-0.2, -0.15) is 0 Å². The summed E-state index contributed by atoms with van der Waals surface area (Å²) in [4.78, 5) is 12.9. The molecule has 3 aromatic heterocycles. The molecule has 168 valence electrons. The molecule has 7 nitrogen and oxygen atoms in total. The third kappa shape index (κ3) is 5.22. The topological polar surface area (TPSA) is 85.7 Å². The highest BCUT2D eigenvalue weighted by Gasteiger charge is 2.12. The van der Waals surface area contributed by atoms with Crippen LogP contribution in [0.2, 0.25) is 0 Å². The second-order valence-corrected chi connectivity index (χ2v) is 7.85. The Bertz CT molecular complexity index is 1360. The number of benzene rings is 2. The van der Waals surface area contributed by atoms with Gasteiger partial charge in [0.1, 0.15) is 18.6 Å². The Morgan fingerprint density at radius 2 is 1.50 bits per heavy atom. The van der Waals surface area contributed by atoms with Crippen LogP contribution in [0.4, 0.5) is 0 Å². The van der Waals surface area contributed by atoms with Gasteiger partial charge in [-0.15, -0.1) is 10.2 Å². The summed E-state index contributed by atoms with van der Waals surface area (Å²) in [5.74, 6) is 0.476. The lowest BCUT2D eigenvalue weighted by molar-refractivity contribution is 0.289. The van der Waals surface area contributed by atoms with Crippen molar-refractivity contribution in [2.45, 2.75) is 19.6 Å². The molecule has 0 aliphatic heterocycles. The fourth-order valence-electron chi connectivity index (χ4n) is 3.76. The third-order valence-electron chi connectivity index (χ3n) is 5.45. The Hall–Kier alpha value is -4.23. The Morgan fingerprint density at radius 3 is 2.35 bits per heavy atom. The molecule has 0 fully saturated rings. The highest BCUT2D eigenvalue weighted by molar-refractivity contribution is 5.96. The number of rotatable bonds is 9. The highest BCUT2D eigenvalue weighted by Crippen LogP contribution is 2.30. The molecule has 0 unspecified atom stereocenters. The molecule has 1 N–H and O–H groups in total. The van der Waals surface area contributed by atoms with Crippen molar-refractivity contribution in [3.63, 3.8) is 0 Å². The smallest absolute Gasteiger partial charge is 0.241 e. The summed E-state index contributed by atoms with van der Waals surface area (Å²) < 4.78 is 6.05. The zero-order valence-electron chi connectivity index (χ0n) is 18.6. The van der Waals surface area contributed by atoms with Crippen LogP contribution in [0.25, 0.3) is 22.0 Å². The molecule has 0 spiro atoms. The molecule has 34 heavy (non-hydrogen) atoms. The molecule has 5 rings (SSSR count). The van der Waals surface area contributed by atoms with Crippen molar-refractivity contribution in [2.75, 3.05) is 6.54 Å². The Labute approximate surface area is 197 Å². The van der Waals surface area contributed by atoms with Crippen molar-refractivity contribution in [1.29, 1.82) is 0 Å². The van der Waals surface area contributed by atoms with Crippen LogP contribution >= 0.6 is 0 Å². The SMILES string of the molecule is c1ccc(CCNCc2cccc(COc3nnc(-c4cncnc4)c4ccccc34)n2)cc1. The maximum atomic E-state index is 6.05. The molecular weight excluding hydrogens is 424 g/mol. The van der Waals surface area contributed by atoms with Gasteiger partial charge in [-0.3, -0.25) is 4.98 Å². The molecule has 0 saturated heterocycles. The first-order valence-corrected chi connectivity index (χ1v) is 11.2. The van der Waals surface area contributed by atoms with E-state index in [2.05, 4.69) is 49.7 Å². The van der Waals surface area contributed by atoms with E-state index in [4.69, 9.17) is 9.72 Å². The minimum atomic E-state index is 0.310. The van der Waals surface area contributed by atoms with E-state index in [0.717, 1.165) is 46.4 Å². The molecule has 3 heterocycles. The zero-order valence-corrected chi connectivity index (χ0v) is 18.6. The van der Waals surface area contributed by atoms with Crippen LogP contribution in [-0.4, -0.2) is 31.7 Å². The first-order chi connectivity index (χ1) is 16.9. The number of fused-ring (bicyclic) bond motifs is 1. The van der Waals surface area contributed by atoms with Gasteiger partial charge in [-0.25, -0.2) is 9.97 Å². The van der Waals surface area contributed by atoms with Crippen molar-refractivity contribution in [3.05, 3.63) is 108 Å². The van der Waals surface area contributed by atoms with Gasteiger partial charge in [-0.05, 0) is 36.7 Å². The number of ether oxygens (including phenoxy) is 1. The molecule has 7 heteroatoms. The van der Waals surface area contributed by atoms with E-state index < -0.39 is 0 Å². The second-order valence-electron chi connectivity index (χ2n) is 7.85. The lowest BCUT2D eigenvalue weighted by Crippen LogP contribution is -2.17. The van der Waals surface area contributed by atoms with Crippen molar-refractivity contribution in [2.24, 2.45) is 0 Å². The predicted octanol–water partition coefficient (Wildman–Crippen LogP) is 4.39. The van der Waals surface area contributed by atoms with E-state index in [1.807, 2.05) is 48.5 Å². The average molecular weight is 449 g/mol. The molecule has 0 atom stereocenters. The van der Waals surface area contributed by atoms with Crippen molar-refractivity contribution >= 4 is 10.8 Å². The Balaban J connectivity index is 1.24. The first kappa shape index (κ1) is 21.6. The van der Waals surface area contributed by atoms with Gasteiger partial charge < -0.3 is 10.1 Å². The summed E-state index contributed by atoms with van der Waals surface area (Å²) in [6, 6.07) is 24.3. The van der Waals surface area contributed by atoms with Crippen LogP contribution < -0.4 is 10.1 Å². The number of aromatic nitrogens is 5. The van der Waals surface area contributed by atoms with Crippen molar-refractivity contribution in [3.8, 4) is 17.1 Å². The summed E-state index contributed by atoms with van der Waals surface area (Å²) in [7, 11) is 0. The summed E-state index contributed by atoms with van der Waals surface area (Å²) >= 11 is 0. The van der Waals surface area contributed by atoms with E-state index in [-0.39, 0.29) is 0 Å². The quantitative estimate of drug-likeness (QED) is 0.335. The first-order valence-electron chi connectivity index (χ1n) is 11.2. The monoisotopic (exact) mass is 448 g/mol. The number of pyridine rings is 1. The molecule has 5 aromatic rings. The average Bonchev–Trinajstić information content (AvgIpc) is 2.91. The third-order valence-corrected chi connectivity index (χ3v) is 5.45. The lowest BCUT2D eigenvalue weighted by Gasteiger charge is -2.11.